The number of carbonyl (C=O) groups excluding carboxylic acids is 4. The molecule has 2 aliphatic heterocycles. The molecule has 0 bridgehead atoms. The van der Waals surface area contributed by atoms with Gasteiger partial charge in [-0.2, -0.15) is 5.01 Å². The normalized spacial score (nSPS) is 17.0. The maximum atomic E-state index is 14.5. The number of hydrazine groups is 1. The van der Waals surface area contributed by atoms with Crippen molar-refractivity contribution in [2.24, 2.45) is 0 Å². The number of ether oxygens (including phenoxy) is 2. The number of hydrogen-bond acceptors (Lipinski definition) is 8. The van der Waals surface area contributed by atoms with E-state index in [2.05, 4.69) is 17.2 Å². The predicted octanol–water partition coefficient (Wildman–Crippen LogP) is 4.24. The Morgan fingerprint density at radius 3 is 2.33 bits per heavy atom. The standard InChI is InChI=1S/C41H47N7O6/c1-5-22-46(40(51)43-25-30-15-17-33(53-4)18-16-30)47-28-38(49)48-36(24-29-13-19-34(20-14-29)54-41(52)42-21-23-44(2)3)39(50)45(27-37(47)48)26-32-11-8-10-31-9-6-7-12-35(31)32/h5-20,36-37H,1,21-28H2,2-4H3,(H,42,52)(H,43,51)/t36?,37-/m1/s1. The van der Waals surface area contributed by atoms with Gasteiger partial charge in [-0.15, -0.1) is 6.58 Å². The van der Waals surface area contributed by atoms with Gasteiger partial charge in [-0.25, -0.2) is 9.59 Å². The van der Waals surface area contributed by atoms with Gasteiger partial charge in [0.1, 0.15) is 23.7 Å². The quantitative estimate of drug-likeness (QED) is 0.185. The van der Waals surface area contributed by atoms with Crippen LogP contribution in [0.3, 0.4) is 0 Å². The smallest absolute Gasteiger partial charge is 0.412 e. The lowest BCUT2D eigenvalue weighted by atomic mass is 9.99. The maximum absolute atomic E-state index is 14.5. The minimum absolute atomic E-state index is 0.0872. The molecule has 282 valence electrons. The summed E-state index contributed by atoms with van der Waals surface area (Å²) in [4.78, 5) is 59.9. The van der Waals surface area contributed by atoms with E-state index in [1.165, 1.54) is 5.01 Å². The number of amides is 5. The fraction of sp³-hybridized carbons (Fsp3) is 0.317. The van der Waals surface area contributed by atoms with E-state index < -0.39 is 24.3 Å². The number of likely N-dealkylation sites (N-methyl/N-ethyl adjacent to an activating group) is 1. The Balaban J connectivity index is 1.25. The van der Waals surface area contributed by atoms with Crippen molar-refractivity contribution in [3.05, 3.63) is 120 Å². The summed E-state index contributed by atoms with van der Waals surface area (Å²) in [6.45, 7) is 5.84. The third-order valence-corrected chi connectivity index (χ3v) is 9.65. The molecule has 13 heteroatoms. The van der Waals surface area contributed by atoms with Crippen LogP contribution >= 0.6 is 0 Å². The first kappa shape index (κ1) is 37.8. The Kier molecular flexibility index (Phi) is 12.1. The zero-order chi connectivity index (χ0) is 38.2. The third kappa shape index (κ3) is 8.81. The van der Waals surface area contributed by atoms with Crippen LogP contribution in [0.2, 0.25) is 0 Å². The van der Waals surface area contributed by atoms with E-state index in [9.17, 15) is 19.2 Å². The first-order chi connectivity index (χ1) is 26.1. The number of benzene rings is 4. The maximum Gasteiger partial charge on any atom is 0.412 e. The van der Waals surface area contributed by atoms with Gasteiger partial charge < -0.3 is 34.8 Å². The highest BCUT2D eigenvalue weighted by Crippen LogP contribution is 2.31. The van der Waals surface area contributed by atoms with Crippen LogP contribution in [0.25, 0.3) is 10.8 Å². The highest BCUT2D eigenvalue weighted by molar-refractivity contribution is 5.92. The van der Waals surface area contributed by atoms with E-state index in [-0.39, 0.29) is 44.4 Å². The van der Waals surface area contributed by atoms with Crippen molar-refractivity contribution < 1.29 is 28.7 Å². The summed E-state index contributed by atoms with van der Waals surface area (Å²) in [5.74, 6) is 0.630. The molecular formula is C41H47N7O6. The SMILES string of the molecule is C=CCN(C(=O)NCc1ccc(OC)cc1)N1CC(=O)N2C(Cc3ccc(OC(=O)NCCN(C)C)cc3)C(=O)N(Cc3cccc4ccccc34)C[C@@H]21. The zero-order valence-corrected chi connectivity index (χ0v) is 30.9. The average molecular weight is 734 g/mol. The van der Waals surface area contributed by atoms with Crippen LogP contribution in [0.1, 0.15) is 16.7 Å². The second-order valence-corrected chi connectivity index (χ2v) is 13.6. The van der Waals surface area contributed by atoms with E-state index in [0.717, 1.165) is 27.5 Å². The molecule has 5 amide bonds. The van der Waals surface area contributed by atoms with Crippen LogP contribution in [0.5, 0.6) is 11.5 Å². The Morgan fingerprint density at radius 2 is 1.61 bits per heavy atom. The summed E-state index contributed by atoms with van der Waals surface area (Å²) >= 11 is 0. The average Bonchev–Trinajstić information content (AvgIpc) is 3.50. The molecule has 1 unspecified atom stereocenters. The van der Waals surface area contributed by atoms with Crippen molar-refractivity contribution in [3.8, 4) is 11.5 Å². The number of rotatable bonds is 14. The number of nitrogens with zero attached hydrogens (tertiary/aromatic N) is 5. The molecule has 2 atom stereocenters. The Bertz CT molecular complexity index is 1960. The van der Waals surface area contributed by atoms with Gasteiger partial charge in [0.15, 0.2) is 0 Å². The minimum atomic E-state index is -0.842. The number of nitrogens with one attached hydrogen (secondary N) is 2. The first-order valence-corrected chi connectivity index (χ1v) is 18.0. The molecule has 6 rings (SSSR count). The summed E-state index contributed by atoms with van der Waals surface area (Å²) < 4.78 is 10.7. The first-order valence-electron chi connectivity index (χ1n) is 18.0. The van der Waals surface area contributed by atoms with Crippen molar-refractivity contribution in [2.75, 3.05) is 53.9 Å². The molecular weight excluding hydrogens is 686 g/mol. The van der Waals surface area contributed by atoms with Gasteiger partial charge in [-0.3, -0.25) is 14.6 Å². The molecule has 13 nitrogen and oxygen atoms in total. The van der Waals surface area contributed by atoms with Gasteiger partial charge >= 0.3 is 12.1 Å². The largest absolute Gasteiger partial charge is 0.497 e. The van der Waals surface area contributed by atoms with Crippen molar-refractivity contribution in [1.29, 1.82) is 0 Å². The molecule has 0 radical (unpaired) electrons. The topological polar surface area (TPSA) is 127 Å². The van der Waals surface area contributed by atoms with Crippen LogP contribution < -0.4 is 20.1 Å². The van der Waals surface area contributed by atoms with E-state index in [0.29, 0.717) is 31.1 Å². The van der Waals surface area contributed by atoms with Gasteiger partial charge in [-0.05, 0) is 65.8 Å². The van der Waals surface area contributed by atoms with Gasteiger partial charge in [0, 0.05) is 32.6 Å². The molecule has 4 aromatic carbocycles. The van der Waals surface area contributed by atoms with Crippen LogP contribution in [-0.4, -0.2) is 115 Å². The molecule has 4 aromatic rings. The Morgan fingerprint density at radius 1 is 0.907 bits per heavy atom. The van der Waals surface area contributed by atoms with E-state index >= 15 is 0 Å². The van der Waals surface area contributed by atoms with Crippen molar-refractivity contribution in [3.63, 3.8) is 0 Å². The van der Waals surface area contributed by atoms with Crippen LogP contribution in [0, 0.1) is 0 Å². The number of carbonyl (C=O) groups is 4. The number of urea groups is 1. The molecule has 2 heterocycles. The summed E-state index contributed by atoms with van der Waals surface area (Å²) in [6.07, 6.45) is 0.668. The van der Waals surface area contributed by atoms with Crippen LogP contribution in [0.4, 0.5) is 9.59 Å². The summed E-state index contributed by atoms with van der Waals surface area (Å²) in [5, 5.41) is 11.0. The molecule has 54 heavy (non-hydrogen) atoms. The molecule has 2 aliphatic rings. The second-order valence-electron chi connectivity index (χ2n) is 13.6. The molecule has 0 spiro atoms. The van der Waals surface area contributed by atoms with Gasteiger partial charge in [0.2, 0.25) is 11.8 Å². The van der Waals surface area contributed by atoms with Crippen molar-refractivity contribution in [1.82, 2.24) is 35.4 Å². The van der Waals surface area contributed by atoms with E-state index in [1.54, 1.807) is 52.3 Å². The Hall–Kier alpha value is -5.92. The van der Waals surface area contributed by atoms with E-state index in [1.807, 2.05) is 85.7 Å². The molecule has 0 saturated carbocycles. The van der Waals surface area contributed by atoms with Gasteiger partial charge in [0.25, 0.3) is 0 Å². The van der Waals surface area contributed by atoms with Gasteiger partial charge in [-0.1, -0.05) is 72.8 Å². The fourth-order valence-electron chi connectivity index (χ4n) is 6.91. The number of fused-ring (bicyclic) bond motifs is 2. The monoisotopic (exact) mass is 733 g/mol. The highest BCUT2D eigenvalue weighted by Gasteiger charge is 2.52. The number of methoxy groups -OCH3 is 1. The van der Waals surface area contributed by atoms with Gasteiger partial charge in [0.05, 0.1) is 26.7 Å². The van der Waals surface area contributed by atoms with E-state index in [4.69, 9.17) is 9.47 Å². The molecule has 0 aromatic heterocycles. The number of hydrogen-bond donors (Lipinski definition) is 2. The van der Waals surface area contributed by atoms with Crippen molar-refractivity contribution in [2.45, 2.75) is 31.7 Å². The third-order valence-electron chi connectivity index (χ3n) is 9.65. The van der Waals surface area contributed by atoms with Crippen LogP contribution in [-0.2, 0) is 29.1 Å². The molecule has 0 aliphatic carbocycles. The number of piperazine rings is 1. The summed E-state index contributed by atoms with van der Waals surface area (Å²) in [6, 6.07) is 27.2. The van der Waals surface area contributed by atoms with Crippen molar-refractivity contribution >= 4 is 34.7 Å². The Labute approximate surface area is 315 Å². The lowest BCUT2D eigenvalue weighted by Crippen LogP contribution is -2.66. The lowest BCUT2D eigenvalue weighted by molar-refractivity contribution is -0.157. The fourth-order valence-corrected chi connectivity index (χ4v) is 6.91. The summed E-state index contributed by atoms with van der Waals surface area (Å²) in [7, 11) is 5.43. The predicted molar refractivity (Wildman–Crippen MR) is 205 cm³/mol. The minimum Gasteiger partial charge on any atom is -0.497 e. The highest BCUT2D eigenvalue weighted by atomic mass is 16.6. The molecule has 2 fully saturated rings. The molecule has 2 N–H and O–H groups in total. The second kappa shape index (κ2) is 17.3. The zero-order valence-electron chi connectivity index (χ0n) is 30.9. The lowest BCUT2D eigenvalue weighted by Gasteiger charge is -2.46. The molecule has 2 saturated heterocycles. The van der Waals surface area contributed by atoms with Crippen LogP contribution in [0.15, 0.2) is 104 Å². The summed E-state index contributed by atoms with van der Waals surface area (Å²) in [5.41, 5.74) is 2.65.